The Hall–Kier alpha value is -3.07. The molecule has 0 amide bonds. The first-order chi connectivity index (χ1) is 11.9. The van der Waals surface area contributed by atoms with Gasteiger partial charge in [-0.25, -0.2) is 4.98 Å². The Morgan fingerprint density at radius 2 is 1.75 bits per heavy atom. The SMILES string of the molecule is C(=Cc1ccccc1)CN1C=Cc2nc(-c3ccccc3)[nH]c2C1. The lowest BCUT2D eigenvalue weighted by molar-refractivity contribution is 0.402. The minimum Gasteiger partial charge on any atom is -0.368 e. The number of H-pyrrole nitrogens is 1. The van der Waals surface area contributed by atoms with Gasteiger partial charge in [-0.3, -0.25) is 0 Å². The molecule has 0 saturated heterocycles. The van der Waals surface area contributed by atoms with E-state index in [-0.39, 0.29) is 0 Å². The van der Waals surface area contributed by atoms with Crippen molar-refractivity contribution in [3.05, 3.63) is 89.9 Å². The zero-order valence-corrected chi connectivity index (χ0v) is 13.4. The highest BCUT2D eigenvalue weighted by atomic mass is 15.1. The van der Waals surface area contributed by atoms with Crippen molar-refractivity contribution in [1.29, 1.82) is 0 Å². The Labute approximate surface area is 142 Å². The number of benzene rings is 2. The van der Waals surface area contributed by atoms with Crippen molar-refractivity contribution in [2.75, 3.05) is 6.54 Å². The van der Waals surface area contributed by atoms with Crippen LogP contribution >= 0.6 is 0 Å². The zero-order chi connectivity index (χ0) is 16.2. The van der Waals surface area contributed by atoms with Crippen LogP contribution in [0.25, 0.3) is 23.5 Å². The quantitative estimate of drug-likeness (QED) is 0.765. The van der Waals surface area contributed by atoms with E-state index in [9.17, 15) is 0 Å². The molecule has 3 aromatic rings. The third kappa shape index (κ3) is 3.15. The fourth-order valence-corrected chi connectivity index (χ4v) is 2.86. The van der Waals surface area contributed by atoms with Gasteiger partial charge in [0, 0.05) is 18.3 Å². The van der Waals surface area contributed by atoms with Crippen molar-refractivity contribution in [1.82, 2.24) is 14.9 Å². The van der Waals surface area contributed by atoms with E-state index in [1.54, 1.807) is 0 Å². The van der Waals surface area contributed by atoms with E-state index in [2.05, 4.69) is 70.7 Å². The van der Waals surface area contributed by atoms with Crippen molar-refractivity contribution in [2.45, 2.75) is 6.54 Å². The van der Waals surface area contributed by atoms with Gasteiger partial charge in [-0.2, -0.15) is 0 Å². The topological polar surface area (TPSA) is 31.9 Å². The van der Waals surface area contributed by atoms with Crippen LogP contribution in [0.2, 0.25) is 0 Å². The van der Waals surface area contributed by atoms with Crippen LogP contribution < -0.4 is 0 Å². The highest BCUT2D eigenvalue weighted by molar-refractivity contribution is 5.60. The number of rotatable bonds is 4. The third-order valence-corrected chi connectivity index (χ3v) is 4.11. The number of aromatic amines is 1. The minimum absolute atomic E-state index is 0.852. The Bertz CT molecular complexity index is 861. The molecule has 3 nitrogen and oxygen atoms in total. The summed E-state index contributed by atoms with van der Waals surface area (Å²) in [4.78, 5) is 10.4. The Balaban J connectivity index is 1.44. The predicted molar refractivity (Wildman–Crippen MR) is 98.9 cm³/mol. The summed E-state index contributed by atoms with van der Waals surface area (Å²) in [7, 11) is 0. The lowest BCUT2D eigenvalue weighted by Crippen LogP contribution is -2.19. The van der Waals surface area contributed by atoms with Gasteiger partial charge in [-0.1, -0.05) is 72.8 Å². The monoisotopic (exact) mass is 313 g/mol. The molecule has 1 aliphatic rings. The summed E-state index contributed by atoms with van der Waals surface area (Å²) >= 11 is 0. The highest BCUT2D eigenvalue weighted by Gasteiger charge is 2.15. The van der Waals surface area contributed by atoms with Crippen LogP contribution in [0, 0.1) is 0 Å². The molecule has 1 aromatic heterocycles. The molecule has 2 aromatic carbocycles. The largest absolute Gasteiger partial charge is 0.368 e. The standard InChI is InChI=1S/C21H19N3/c1-3-8-17(9-4-1)10-7-14-24-15-13-19-20(16-24)23-21(22-19)18-11-5-2-6-12-18/h1-13,15H,14,16H2,(H,22,23). The number of aromatic nitrogens is 2. The van der Waals surface area contributed by atoms with Crippen molar-refractivity contribution < 1.29 is 0 Å². The molecule has 0 fully saturated rings. The van der Waals surface area contributed by atoms with Gasteiger partial charge in [0.25, 0.3) is 0 Å². The van der Waals surface area contributed by atoms with Gasteiger partial charge in [0.15, 0.2) is 0 Å². The first-order valence-corrected chi connectivity index (χ1v) is 8.17. The van der Waals surface area contributed by atoms with Crippen molar-refractivity contribution in [3.8, 4) is 11.4 Å². The molecule has 3 heteroatoms. The summed E-state index contributed by atoms with van der Waals surface area (Å²) in [6.45, 7) is 1.73. The first kappa shape index (κ1) is 14.5. The minimum atomic E-state index is 0.852. The molecule has 0 saturated carbocycles. The molecule has 4 rings (SSSR count). The van der Waals surface area contributed by atoms with Crippen LogP contribution in [0.3, 0.4) is 0 Å². The van der Waals surface area contributed by atoms with Crippen LogP contribution in [-0.4, -0.2) is 21.4 Å². The lowest BCUT2D eigenvalue weighted by Gasteiger charge is -2.21. The van der Waals surface area contributed by atoms with Gasteiger partial charge >= 0.3 is 0 Å². The fraction of sp³-hybridized carbons (Fsp3) is 0.0952. The number of hydrogen-bond acceptors (Lipinski definition) is 2. The van der Waals surface area contributed by atoms with E-state index in [1.165, 1.54) is 11.3 Å². The molecule has 2 heterocycles. The summed E-state index contributed by atoms with van der Waals surface area (Å²) in [6.07, 6.45) is 8.55. The van der Waals surface area contributed by atoms with Gasteiger partial charge in [0.05, 0.1) is 17.9 Å². The second-order valence-corrected chi connectivity index (χ2v) is 5.87. The Morgan fingerprint density at radius 3 is 2.54 bits per heavy atom. The van der Waals surface area contributed by atoms with Crippen LogP contribution in [0.1, 0.15) is 17.0 Å². The van der Waals surface area contributed by atoms with Crippen molar-refractivity contribution in [3.63, 3.8) is 0 Å². The molecular weight excluding hydrogens is 294 g/mol. The highest BCUT2D eigenvalue weighted by Crippen LogP contribution is 2.23. The van der Waals surface area contributed by atoms with Gasteiger partial charge in [-0.15, -0.1) is 0 Å². The average molecular weight is 313 g/mol. The third-order valence-electron chi connectivity index (χ3n) is 4.11. The van der Waals surface area contributed by atoms with Crippen molar-refractivity contribution >= 4 is 12.2 Å². The van der Waals surface area contributed by atoms with Gasteiger partial charge in [0.2, 0.25) is 0 Å². The zero-order valence-electron chi connectivity index (χ0n) is 13.4. The van der Waals surface area contributed by atoms with Crippen LogP contribution in [-0.2, 0) is 6.54 Å². The van der Waals surface area contributed by atoms with E-state index in [0.717, 1.165) is 30.2 Å². The molecule has 0 spiro atoms. The van der Waals surface area contributed by atoms with Crippen LogP contribution in [0.5, 0.6) is 0 Å². The molecule has 0 atom stereocenters. The molecule has 0 aliphatic carbocycles. The molecule has 1 aliphatic heterocycles. The molecule has 1 N–H and O–H groups in total. The molecule has 24 heavy (non-hydrogen) atoms. The second-order valence-electron chi connectivity index (χ2n) is 5.87. The maximum atomic E-state index is 4.70. The summed E-state index contributed by atoms with van der Waals surface area (Å²) in [5, 5.41) is 0. The number of imidazole rings is 1. The smallest absolute Gasteiger partial charge is 0.138 e. The normalized spacial score (nSPS) is 13.4. The summed E-state index contributed by atoms with van der Waals surface area (Å²) in [6, 6.07) is 20.6. The first-order valence-electron chi connectivity index (χ1n) is 8.17. The second kappa shape index (κ2) is 6.59. The van der Waals surface area contributed by atoms with Crippen LogP contribution in [0.4, 0.5) is 0 Å². The van der Waals surface area contributed by atoms with Gasteiger partial charge in [-0.05, 0) is 11.6 Å². The number of hydrogen-bond donors (Lipinski definition) is 1. The van der Waals surface area contributed by atoms with E-state index < -0.39 is 0 Å². The van der Waals surface area contributed by atoms with Gasteiger partial charge in [0.1, 0.15) is 5.82 Å². The number of nitrogens with one attached hydrogen (secondary N) is 1. The predicted octanol–water partition coefficient (Wildman–Crippen LogP) is 4.58. The summed E-state index contributed by atoms with van der Waals surface area (Å²) in [5.74, 6) is 0.937. The molecule has 0 bridgehead atoms. The maximum Gasteiger partial charge on any atom is 0.138 e. The average Bonchev–Trinajstić information content (AvgIpc) is 3.07. The summed E-state index contributed by atoms with van der Waals surface area (Å²) in [5.41, 5.74) is 4.56. The maximum absolute atomic E-state index is 4.70. The number of fused-ring (bicyclic) bond motifs is 1. The molecule has 0 unspecified atom stereocenters. The molecule has 0 radical (unpaired) electrons. The van der Waals surface area contributed by atoms with E-state index in [1.807, 2.05) is 24.3 Å². The van der Waals surface area contributed by atoms with Crippen molar-refractivity contribution in [2.24, 2.45) is 0 Å². The summed E-state index contributed by atoms with van der Waals surface area (Å²) < 4.78 is 0. The van der Waals surface area contributed by atoms with Crippen LogP contribution in [0.15, 0.2) is 72.9 Å². The Morgan fingerprint density at radius 1 is 1.00 bits per heavy atom. The van der Waals surface area contributed by atoms with Gasteiger partial charge < -0.3 is 9.88 Å². The molecule has 118 valence electrons. The van der Waals surface area contributed by atoms with E-state index in [4.69, 9.17) is 4.98 Å². The van der Waals surface area contributed by atoms with E-state index >= 15 is 0 Å². The Kier molecular flexibility index (Phi) is 3.98. The molecular formula is C21H19N3. The number of nitrogens with zero attached hydrogens (tertiary/aromatic N) is 2. The fourth-order valence-electron chi connectivity index (χ4n) is 2.86. The van der Waals surface area contributed by atoms with E-state index in [0.29, 0.717) is 0 Å². The lowest BCUT2D eigenvalue weighted by atomic mass is 10.2.